The molecular weight excluding hydrogens is 345 g/mol. The Kier molecular flexibility index (Phi) is 6.36. The average molecular weight is 365 g/mol. The van der Waals surface area contributed by atoms with E-state index < -0.39 is 0 Å². The first-order chi connectivity index (χ1) is 10.2. The molecule has 0 spiro atoms. The topological polar surface area (TPSA) is 35.6 Å². The van der Waals surface area contributed by atoms with E-state index in [1.54, 1.807) is 18.2 Å². The van der Waals surface area contributed by atoms with Gasteiger partial charge in [0.2, 0.25) is 0 Å². The Morgan fingerprint density at radius 1 is 1.18 bits per heavy atom. The van der Waals surface area contributed by atoms with E-state index >= 15 is 0 Å². The third-order valence-electron chi connectivity index (χ3n) is 4.33. The SMILES string of the molecule is Cl.O=C(c1cccc(Cl)c1Cl)N1CCN(C2CCNC2)CC1. The van der Waals surface area contributed by atoms with Crippen molar-refractivity contribution in [3.05, 3.63) is 33.8 Å². The molecule has 0 radical (unpaired) electrons. The highest BCUT2D eigenvalue weighted by Crippen LogP contribution is 2.27. The lowest BCUT2D eigenvalue weighted by Crippen LogP contribution is -2.52. The summed E-state index contributed by atoms with van der Waals surface area (Å²) < 4.78 is 0. The van der Waals surface area contributed by atoms with Crippen LogP contribution in [0.5, 0.6) is 0 Å². The molecule has 3 rings (SSSR count). The first kappa shape index (κ1) is 17.8. The number of hydrogen-bond acceptors (Lipinski definition) is 3. The molecule has 122 valence electrons. The Morgan fingerprint density at radius 2 is 1.91 bits per heavy atom. The summed E-state index contributed by atoms with van der Waals surface area (Å²) in [5, 5.41) is 4.17. The van der Waals surface area contributed by atoms with Crippen LogP contribution < -0.4 is 5.32 Å². The first-order valence-corrected chi connectivity index (χ1v) is 8.10. The number of hydrogen-bond donors (Lipinski definition) is 1. The third kappa shape index (κ3) is 3.69. The number of carbonyl (C=O) groups is 1. The van der Waals surface area contributed by atoms with E-state index in [2.05, 4.69) is 10.2 Å². The van der Waals surface area contributed by atoms with Crippen molar-refractivity contribution >= 4 is 41.5 Å². The smallest absolute Gasteiger partial charge is 0.255 e. The van der Waals surface area contributed by atoms with Gasteiger partial charge < -0.3 is 10.2 Å². The lowest BCUT2D eigenvalue weighted by molar-refractivity contribution is 0.0584. The molecule has 7 heteroatoms. The molecule has 2 aliphatic heterocycles. The minimum atomic E-state index is -0.0216. The van der Waals surface area contributed by atoms with Crippen molar-refractivity contribution in [2.24, 2.45) is 0 Å². The van der Waals surface area contributed by atoms with Crippen molar-refractivity contribution in [1.29, 1.82) is 0 Å². The van der Waals surface area contributed by atoms with E-state index in [4.69, 9.17) is 23.2 Å². The van der Waals surface area contributed by atoms with E-state index in [9.17, 15) is 4.79 Å². The monoisotopic (exact) mass is 363 g/mol. The molecule has 1 aromatic rings. The number of nitrogens with one attached hydrogen (secondary N) is 1. The largest absolute Gasteiger partial charge is 0.336 e. The van der Waals surface area contributed by atoms with Gasteiger partial charge in [0, 0.05) is 38.8 Å². The average Bonchev–Trinajstić information content (AvgIpc) is 3.04. The zero-order valence-electron chi connectivity index (χ0n) is 12.2. The van der Waals surface area contributed by atoms with E-state index in [1.807, 2.05) is 4.90 Å². The van der Waals surface area contributed by atoms with Crippen molar-refractivity contribution < 1.29 is 4.79 Å². The molecule has 22 heavy (non-hydrogen) atoms. The third-order valence-corrected chi connectivity index (χ3v) is 5.15. The Balaban J connectivity index is 0.00000176. The van der Waals surface area contributed by atoms with Gasteiger partial charge in [-0.25, -0.2) is 0 Å². The van der Waals surface area contributed by atoms with Crippen molar-refractivity contribution in [3.63, 3.8) is 0 Å². The van der Waals surface area contributed by atoms with Gasteiger partial charge in [-0.05, 0) is 25.1 Å². The number of carbonyl (C=O) groups excluding carboxylic acids is 1. The molecule has 1 unspecified atom stereocenters. The minimum Gasteiger partial charge on any atom is -0.336 e. The molecule has 1 atom stereocenters. The zero-order chi connectivity index (χ0) is 14.8. The fourth-order valence-electron chi connectivity index (χ4n) is 3.08. The van der Waals surface area contributed by atoms with Crippen LogP contribution in [0.25, 0.3) is 0 Å². The zero-order valence-corrected chi connectivity index (χ0v) is 14.6. The second-order valence-corrected chi connectivity index (χ2v) is 6.36. The molecule has 1 aromatic carbocycles. The van der Waals surface area contributed by atoms with Gasteiger partial charge in [-0.1, -0.05) is 29.3 Å². The Hall–Kier alpha value is -0.520. The van der Waals surface area contributed by atoms with E-state index in [-0.39, 0.29) is 18.3 Å². The van der Waals surface area contributed by atoms with Crippen molar-refractivity contribution in [3.8, 4) is 0 Å². The maximum atomic E-state index is 12.6. The molecule has 2 saturated heterocycles. The summed E-state index contributed by atoms with van der Waals surface area (Å²) in [4.78, 5) is 16.9. The van der Waals surface area contributed by atoms with E-state index in [1.165, 1.54) is 6.42 Å². The van der Waals surface area contributed by atoms with E-state index in [0.717, 1.165) is 39.3 Å². The van der Waals surface area contributed by atoms with Crippen LogP contribution >= 0.6 is 35.6 Å². The minimum absolute atomic E-state index is 0. The van der Waals surface area contributed by atoms with Gasteiger partial charge in [-0.2, -0.15) is 0 Å². The van der Waals surface area contributed by atoms with Crippen LogP contribution in [0.15, 0.2) is 18.2 Å². The molecular formula is C15H20Cl3N3O. The fourth-order valence-corrected chi connectivity index (χ4v) is 3.46. The van der Waals surface area contributed by atoms with Gasteiger partial charge in [0.25, 0.3) is 5.91 Å². The van der Waals surface area contributed by atoms with Gasteiger partial charge in [0.15, 0.2) is 0 Å². The summed E-state index contributed by atoms with van der Waals surface area (Å²) in [7, 11) is 0. The summed E-state index contributed by atoms with van der Waals surface area (Å²) in [6.45, 7) is 5.51. The highest BCUT2D eigenvalue weighted by molar-refractivity contribution is 6.43. The molecule has 1 N–H and O–H groups in total. The van der Waals surface area contributed by atoms with Gasteiger partial charge in [-0.3, -0.25) is 9.69 Å². The molecule has 0 bridgehead atoms. The maximum Gasteiger partial charge on any atom is 0.255 e. The number of piperazine rings is 1. The van der Waals surface area contributed by atoms with Crippen molar-refractivity contribution in [2.45, 2.75) is 12.5 Å². The molecule has 1 amide bonds. The molecule has 2 aliphatic rings. The van der Waals surface area contributed by atoms with E-state index in [0.29, 0.717) is 21.7 Å². The molecule has 4 nitrogen and oxygen atoms in total. The molecule has 0 aromatic heterocycles. The van der Waals surface area contributed by atoms with Crippen LogP contribution in [0.2, 0.25) is 10.0 Å². The van der Waals surface area contributed by atoms with Crippen LogP contribution in [0.1, 0.15) is 16.8 Å². The normalized spacial score (nSPS) is 22.5. The lowest BCUT2D eigenvalue weighted by Gasteiger charge is -2.37. The van der Waals surface area contributed by atoms with Crippen LogP contribution in [0.4, 0.5) is 0 Å². The van der Waals surface area contributed by atoms with Crippen LogP contribution in [0, 0.1) is 0 Å². The lowest BCUT2D eigenvalue weighted by atomic mass is 10.1. The number of halogens is 3. The molecule has 0 saturated carbocycles. The number of benzene rings is 1. The summed E-state index contributed by atoms with van der Waals surface area (Å²) in [5.41, 5.74) is 0.500. The van der Waals surface area contributed by atoms with Crippen molar-refractivity contribution in [1.82, 2.24) is 15.1 Å². The summed E-state index contributed by atoms with van der Waals surface area (Å²) >= 11 is 12.1. The predicted molar refractivity (Wildman–Crippen MR) is 92.5 cm³/mol. The quantitative estimate of drug-likeness (QED) is 0.876. The number of nitrogens with zero attached hydrogens (tertiary/aromatic N) is 2. The Labute approximate surface area is 147 Å². The summed E-state index contributed by atoms with van der Waals surface area (Å²) in [5.74, 6) is -0.0216. The second-order valence-electron chi connectivity index (χ2n) is 5.58. The molecule has 2 fully saturated rings. The van der Waals surface area contributed by atoms with Crippen LogP contribution in [0.3, 0.4) is 0 Å². The van der Waals surface area contributed by atoms with Crippen molar-refractivity contribution in [2.75, 3.05) is 39.3 Å². The van der Waals surface area contributed by atoms with Crippen LogP contribution in [-0.4, -0.2) is 61.0 Å². The second kappa shape index (κ2) is 7.84. The Morgan fingerprint density at radius 3 is 2.55 bits per heavy atom. The first-order valence-electron chi connectivity index (χ1n) is 7.35. The predicted octanol–water partition coefficient (Wildman–Crippen LogP) is 2.53. The molecule has 2 heterocycles. The maximum absolute atomic E-state index is 12.6. The number of rotatable bonds is 2. The fraction of sp³-hybridized carbons (Fsp3) is 0.533. The van der Waals surface area contributed by atoms with Gasteiger partial charge >= 0.3 is 0 Å². The molecule has 0 aliphatic carbocycles. The summed E-state index contributed by atoms with van der Waals surface area (Å²) in [6, 6.07) is 5.83. The standard InChI is InChI=1S/C15H19Cl2N3O.ClH/c16-13-3-1-2-12(14(13)17)15(21)20-8-6-19(7-9-20)11-4-5-18-10-11;/h1-3,11,18H,4-10H2;1H. The summed E-state index contributed by atoms with van der Waals surface area (Å²) in [6.07, 6.45) is 1.20. The van der Waals surface area contributed by atoms with Gasteiger partial charge in [-0.15, -0.1) is 12.4 Å². The van der Waals surface area contributed by atoms with Gasteiger partial charge in [0.1, 0.15) is 0 Å². The highest BCUT2D eigenvalue weighted by Gasteiger charge is 2.28. The Bertz CT molecular complexity index is 527. The van der Waals surface area contributed by atoms with Crippen LogP contribution in [-0.2, 0) is 0 Å². The van der Waals surface area contributed by atoms with Gasteiger partial charge in [0.05, 0.1) is 15.6 Å². The number of amides is 1. The highest BCUT2D eigenvalue weighted by atomic mass is 35.5.